The van der Waals surface area contributed by atoms with Crippen LogP contribution in [0.15, 0.2) is 28.9 Å². The number of nitrogens with zero attached hydrogens (tertiary/aromatic N) is 3. The van der Waals surface area contributed by atoms with E-state index in [0.29, 0.717) is 15.9 Å². The molecule has 0 unspecified atom stereocenters. The standard InChI is InChI=1S/C26H35BrN4O6/c1-25(2,3)36-22(32)29-18-9-11-30(12-10-18)15-16-7-8-17-14-28-21(20(27)19(17)13-16)31(23(33)34)24(35)37-26(4,5)6/h7-8,13-14,18H,9-12,15H2,1-6H3,(H,29,32)(H,33,34). The van der Waals surface area contributed by atoms with E-state index in [1.807, 2.05) is 39.0 Å². The fourth-order valence-electron chi connectivity index (χ4n) is 4.00. The molecule has 2 aromatic rings. The van der Waals surface area contributed by atoms with E-state index in [2.05, 4.69) is 31.1 Å². The number of amides is 3. The van der Waals surface area contributed by atoms with Crippen LogP contribution in [0.5, 0.6) is 0 Å². The third kappa shape index (κ3) is 8.03. The van der Waals surface area contributed by atoms with Gasteiger partial charge in [0.1, 0.15) is 11.2 Å². The molecule has 3 amide bonds. The molecule has 3 rings (SSSR count). The van der Waals surface area contributed by atoms with Crippen molar-refractivity contribution < 1.29 is 29.0 Å². The van der Waals surface area contributed by atoms with Crippen molar-refractivity contribution in [1.82, 2.24) is 15.2 Å². The van der Waals surface area contributed by atoms with Gasteiger partial charge in [0.2, 0.25) is 0 Å². The fourth-order valence-corrected chi connectivity index (χ4v) is 4.62. The number of piperidine rings is 1. The Hall–Kier alpha value is -2.92. The van der Waals surface area contributed by atoms with Crippen LogP contribution in [0.2, 0.25) is 0 Å². The second-order valence-electron chi connectivity index (χ2n) is 11.1. The molecular formula is C26H35BrN4O6. The lowest BCUT2D eigenvalue weighted by molar-refractivity contribution is 0.0476. The Morgan fingerprint density at radius 1 is 1.11 bits per heavy atom. The molecule has 0 bridgehead atoms. The zero-order valence-electron chi connectivity index (χ0n) is 22.1. The van der Waals surface area contributed by atoms with Crippen LogP contribution in [0, 0.1) is 0 Å². The van der Waals surface area contributed by atoms with Gasteiger partial charge in [0.05, 0.1) is 4.47 Å². The minimum Gasteiger partial charge on any atom is -0.464 e. The van der Waals surface area contributed by atoms with Gasteiger partial charge in [-0.1, -0.05) is 12.1 Å². The first-order valence-electron chi connectivity index (χ1n) is 12.2. The van der Waals surface area contributed by atoms with Gasteiger partial charge in [-0.25, -0.2) is 19.4 Å². The summed E-state index contributed by atoms with van der Waals surface area (Å²) < 4.78 is 11.0. The van der Waals surface area contributed by atoms with Gasteiger partial charge in [-0.3, -0.25) is 4.90 Å². The van der Waals surface area contributed by atoms with Crippen LogP contribution in [-0.2, 0) is 16.0 Å². The van der Waals surface area contributed by atoms with Crippen LogP contribution in [0.25, 0.3) is 10.8 Å². The maximum atomic E-state index is 12.6. The second-order valence-corrected chi connectivity index (χ2v) is 11.9. The average molecular weight is 579 g/mol. The molecule has 1 saturated heterocycles. The Balaban J connectivity index is 1.72. The number of hydrogen-bond acceptors (Lipinski definition) is 7. The summed E-state index contributed by atoms with van der Waals surface area (Å²) in [6, 6.07) is 5.96. The van der Waals surface area contributed by atoms with Crippen molar-refractivity contribution in [2.24, 2.45) is 0 Å². The summed E-state index contributed by atoms with van der Waals surface area (Å²) in [6.07, 6.45) is 0.263. The minimum absolute atomic E-state index is 0.0552. The van der Waals surface area contributed by atoms with Crippen molar-refractivity contribution in [1.29, 1.82) is 0 Å². The van der Waals surface area contributed by atoms with E-state index in [1.165, 1.54) is 6.20 Å². The molecule has 10 nitrogen and oxygen atoms in total. The molecule has 0 atom stereocenters. The SMILES string of the molecule is CC(C)(C)OC(=O)NC1CCN(Cc2ccc3cnc(N(C(=O)O)C(=O)OC(C)(C)C)c(Br)c3c2)CC1. The topological polar surface area (TPSA) is 121 Å². The quantitative estimate of drug-likeness (QED) is 0.459. The van der Waals surface area contributed by atoms with Gasteiger partial charge >= 0.3 is 18.3 Å². The minimum atomic E-state index is -1.49. The van der Waals surface area contributed by atoms with Gasteiger partial charge in [-0.05, 0) is 81.9 Å². The molecule has 1 aromatic carbocycles. The van der Waals surface area contributed by atoms with Crippen LogP contribution in [0.1, 0.15) is 59.9 Å². The molecule has 0 saturated carbocycles. The van der Waals surface area contributed by atoms with Gasteiger partial charge in [-0.2, -0.15) is 4.90 Å². The maximum Gasteiger partial charge on any atom is 0.425 e. The predicted octanol–water partition coefficient (Wildman–Crippen LogP) is 5.91. The van der Waals surface area contributed by atoms with E-state index in [1.54, 1.807) is 20.8 Å². The summed E-state index contributed by atoms with van der Waals surface area (Å²) in [5, 5.41) is 14.2. The van der Waals surface area contributed by atoms with Crippen LogP contribution < -0.4 is 10.2 Å². The number of anilines is 1. The third-order valence-electron chi connectivity index (χ3n) is 5.57. The first kappa shape index (κ1) is 28.6. The van der Waals surface area contributed by atoms with Crippen molar-refractivity contribution in [3.8, 4) is 0 Å². The molecular weight excluding hydrogens is 544 g/mol. The highest BCUT2D eigenvalue weighted by molar-refractivity contribution is 9.10. The van der Waals surface area contributed by atoms with E-state index in [-0.39, 0.29) is 11.9 Å². The Kier molecular flexibility index (Phi) is 8.69. The summed E-state index contributed by atoms with van der Waals surface area (Å²) in [5.74, 6) is -0.0552. The number of likely N-dealkylation sites (tertiary alicyclic amines) is 1. The number of carboxylic acid groups (broad SMARTS) is 1. The Labute approximate surface area is 225 Å². The molecule has 0 radical (unpaired) electrons. The number of ether oxygens (including phenoxy) is 2. The summed E-state index contributed by atoms with van der Waals surface area (Å²) >= 11 is 3.47. The zero-order chi connectivity index (χ0) is 27.5. The number of pyridine rings is 1. The third-order valence-corrected chi connectivity index (χ3v) is 6.35. The zero-order valence-corrected chi connectivity index (χ0v) is 23.7. The van der Waals surface area contributed by atoms with Gasteiger partial charge < -0.3 is 19.9 Å². The number of fused-ring (bicyclic) bond motifs is 1. The van der Waals surface area contributed by atoms with Gasteiger partial charge in [0.15, 0.2) is 5.82 Å². The van der Waals surface area contributed by atoms with E-state index in [0.717, 1.165) is 42.3 Å². The number of carbonyl (C=O) groups excluding carboxylic acids is 2. The predicted molar refractivity (Wildman–Crippen MR) is 144 cm³/mol. The van der Waals surface area contributed by atoms with E-state index < -0.39 is 29.5 Å². The summed E-state index contributed by atoms with van der Waals surface area (Å²) in [5.41, 5.74) is -0.362. The lowest BCUT2D eigenvalue weighted by Crippen LogP contribution is -2.45. The Morgan fingerprint density at radius 2 is 1.73 bits per heavy atom. The molecule has 11 heteroatoms. The van der Waals surface area contributed by atoms with E-state index in [9.17, 15) is 19.5 Å². The van der Waals surface area contributed by atoms with E-state index >= 15 is 0 Å². The van der Waals surface area contributed by atoms with Gasteiger partial charge in [0.25, 0.3) is 0 Å². The maximum absolute atomic E-state index is 12.6. The number of alkyl carbamates (subject to hydrolysis) is 1. The fraction of sp³-hybridized carbons (Fsp3) is 0.538. The molecule has 1 aliphatic rings. The summed E-state index contributed by atoms with van der Waals surface area (Å²) in [6.45, 7) is 12.8. The van der Waals surface area contributed by atoms with Gasteiger partial charge in [-0.15, -0.1) is 0 Å². The van der Waals surface area contributed by atoms with Crippen molar-refractivity contribution >= 4 is 50.8 Å². The monoisotopic (exact) mass is 578 g/mol. The molecule has 1 aliphatic heterocycles. The number of halogens is 1. The number of imide groups is 1. The van der Waals surface area contributed by atoms with Crippen molar-refractivity contribution in [2.75, 3.05) is 18.0 Å². The summed E-state index contributed by atoms with van der Waals surface area (Å²) in [4.78, 5) is 43.6. The highest BCUT2D eigenvalue weighted by Crippen LogP contribution is 2.33. The number of nitrogens with one attached hydrogen (secondary N) is 1. The average Bonchev–Trinajstić information content (AvgIpc) is 2.74. The second kappa shape index (κ2) is 11.2. The lowest BCUT2D eigenvalue weighted by Gasteiger charge is -2.33. The molecule has 2 heterocycles. The Morgan fingerprint density at radius 3 is 2.30 bits per heavy atom. The van der Waals surface area contributed by atoms with Crippen molar-refractivity contribution in [2.45, 2.75) is 78.2 Å². The molecule has 2 N–H and O–H groups in total. The van der Waals surface area contributed by atoms with Crippen molar-refractivity contribution in [3.05, 3.63) is 34.4 Å². The number of aromatic nitrogens is 1. The Bertz CT molecular complexity index is 1170. The summed E-state index contributed by atoms with van der Waals surface area (Å²) in [7, 11) is 0. The molecule has 1 fully saturated rings. The van der Waals surface area contributed by atoms with Crippen LogP contribution >= 0.6 is 15.9 Å². The first-order chi connectivity index (χ1) is 17.1. The molecule has 1 aromatic heterocycles. The normalized spacial score (nSPS) is 15.3. The van der Waals surface area contributed by atoms with Crippen LogP contribution in [0.3, 0.4) is 0 Å². The van der Waals surface area contributed by atoms with Crippen LogP contribution in [-0.4, -0.2) is 63.6 Å². The number of benzene rings is 1. The molecule has 202 valence electrons. The highest BCUT2D eigenvalue weighted by Gasteiger charge is 2.32. The van der Waals surface area contributed by atoms with E-state index in [4.69, 9.17) is 9.47 Å². The number of carbonyl (C=O) groups is 3. The molecule has 37 heavy (non-hydrogen) atoms. The van der Waals surface area contributed by atoms with Crippen molar-refractivity contribution in [3.63, 3.8) is 0 Å². The first-order valence-corrected chi connectivity index (χ1v) is 13.0. The number of hydrogen-bond donors (Lipinski definition) is 2. The highest BCUT2D eigenvalue weighted by atomic mass is 79.9. The molecule has 0 spiro atoms. The number of rotatable bonds is 4. The molecule has 0 aliphatic carbocycles. The smallest absolute Gasteiger partial charge is 0.425 e. The van der Waals surface area contributed by atoms with Gasteiger partial charge in [0, 0.05) is 42.6 Å². The largest absolute Gasteiger partial charge is 0.464 e. The van der Waals surface area contributed by atoms with Crippen LogP contribution in [0.4, 0.5) is 20.2 Å². The lowest BCUT2D eigenvalue weighted by atomic mass is 10.0.